The van der Waals surface area contributed by atoms with E-state index in [4.69, 9.17) is 20.6 Å². The Kier molecular flexibility index (Phi) is 27.1. The molecule has 0 aliphatic heterocycles. The molecule has 0 spiro atoms. The number of nitrogens with zero attached hydrogens (tertiary/aromatic N) is 2. The highest BCUT2D eigenvalue weighted by Gasteiger charge is 2.36. The van der Waals surface area contributed by atoms with Crippen molar-refractivity contribution in [2.45, 2.75) is 128 Å². The summed E-state index contributed by atoms with van der Waals surface area (Å²) >= 11 is 0. The lowest BCUT2D eigenvalue weighted by Gasteiger charge is -2.28. The van der Waals surface area contributed by atoms with Crippen LogP contribution < -0.4 is 69.7 Å². The number of fused-ring (bicyclic) bond motifs is 2. The maximum absolute atomic E-state index is 14.1. The van der Waals surface area contributed by atoms with E-state index in [9.17, 15) is 92.8 Å². The lowest BCUT2D eigenvalue weighted by molar-refractivity contribution is -0.393. The molecule has 0 aliphatic rings. The van der Waals surface area contributed by atoms with Crippen molar-refractivity contribution in [3.63, 3.8) is 0 Å². The van der Waals surface area contributed by atoms with Gasteiger partial charge in [0.15, 0.2) is 0 Å². The number of nitro groups is 2. The maximum Gasteiger partial charge on any atom is 0.336 e. The van der Waals surface area contributed by atoms with Crippen LogP contribution in [0.1, 0.15) is 83.8 Å². The van der Waals surface area contributed by atoms with Crippen LogP contribution in [0.2, 0.25) is 0 Å². The van der Waals surface area contributed by atoms with E-state index in [0.29, 0.717) is 27.6 Å². The van der Waals surface area contributed by atoms with Crippen molar-refractivity contribution in [1.82, 2.24) is 47.5 Å². The number of nitrogens with two attached hydrogens (primary N) is 2. The Hall–Kier alpha value is -11.6. The second-order valence-electron chi connectivity index (χ2n) is 22.5. The molecular formula is C60H74N14O21. The number of rotatable bonds is 38. The first-order valence-corrected chi connectivity index (χ1v) is 29.6. The predicted molar refractivity (Wildman–Crippen MR) is 335 cm³/mol. The normalized spacial score (nSPS) is 13.3. The number of nitro benzene ring substituents is 2. The zero-order valence-corrected chi connectivity index (χ0v) is 52.1. The number of hydrogen-bond acceptors (Lipinski definition) is 20. The first-order valence-electron chi connectivity index (χ1n) is 29.6. The highest BCUT2D eigenvalue weighted by atomic mass is 16.6. The van der Waals surface area contributed by atoms with Gasteiger partial charge in [-0.2, -0.15) is 0 Å². The van der Waals surface area contributed by atoms with E-state index in [2.05, 4.69) is 52.8 Å². The van der Waals surface area contributed by atoms with Gasteiger partial charge in [0.1, 0.15) is 59.3 Å². The summed E-state index contributed by atoms with van der Waals surface area (Å²) in [5.74, 6) is -15.0. The number of amides is 10. The van der Waals surface area contributed by atoms with Crippen molar-refractivity contribution < 1.29 is 86.7 Å². The van der Waals surface area contributed by atoms with E-state index in [0.717, 1.165) is 18.2 Å². The van der Waals surface area contributed by atoms with Crippen molar-refractivity contribution in [3.05, 3.63) is 115 Å². The lowest BCUT2D eigenvalue weighted by Crippen LogP contribution is -2.61. The number of ether oxygens (including phenoxy) is 1. The number of para-hydroxylation sites is 1. The monoisotopic (exact) mass is 1330 g/mol. The zero-order valence-electron chi connectivity index (χ0n) is 52.1. The molecule has 0 radical (unpaired) electrons. The van der Waals surface area contributed by atoms with Crippen LogP contribution in [0.3, 0.4) is 0 Å². The molecule has 510 valence electrons. The number of nitrogens with one attached hydrogen (secondary N) is 10. The van der Waals surface area contributed by atoms with Gasteiger partial charge in [0.05, 0.1) is 48.8 Å². The minimum absolute atomic E-state index is 0.00640. The number of carbonyl (C=O) groups is 12. The average molecular weight is 1330 g/mol. The van der Waals surface area contributed by atoms with Gasteiger partial charge in [-0.25, -0.2) is 4.79 Å². The molecule has 3 aromatic carbocycles. The van der Waals surface area contributed by atoms with E-state index in [1.54, 1.807) is 42.6 Å². The lowest BCUT2D eigenvalue weighted by atomic mass is 10.0. The summed E-state index contributed by atoms with van der Waals surface area (Å²) in [6, 6.07) is 4.05. The Balaban J connectivity index is 1.25. The third-order valence-electron chi connectivity index (χ3n) is 14.7. The van der Waals surface area contributed by atoms with Gasteiger partial charge in [-0.3, -0.25) is 77.8 Å². The molecule has 0 aliphatic carbocycles. The maximum atomic E-state index is 14.1. The molecular weight excluding hydrogens is 1250 g/mol. The summed E-state index contributed by atoms with van der Waals surface area (Å²) in [7, 11) is 1.40. The fraction of sp³-hybridized carbons (Fsp3) is 0.417. The second-order valence-corrected chi connectivity index (χ2v) is 22.5. The second kappa shape index (κ2) is 34.8. The number of carboxylic acids is 2. The minimum Gasteiger partial charge on any atom is -0.497 e. The summed E-state index contributed by atoms with van der Waals surface area (Å²) < 4.78 is 10.4. The summed E-state index contributed by atoms with van der Waals surface area (Å²) in [5.41, 5.74) is 10.7. The molecule has 95 heavy (non-hydrogen) atoms. The largest absolute Gasteiger partial charge is 0.497 e. The molecule has 2 aromatic heterocycles. The number of hydrogen-bond donors (Lipinski definition) is 14. The molecule has 0 saturated heterocycles. The third kappa shape index (κ3) is 22.4. The first-order chi connectivity index (χ1) is 44.8. The number of aliphatic carboxylic acids is 2. The smallest absolute Gasteiger partial charge is 0.336 e. The number of carbonyl (C=O) groups excluding carboxylic acids is 10. The summed E-state index contributed by atoms with van der Waals surface area (Å²) in [6.45, 7) is 5.06. The zero-order chi connectivity index (χ0) is 70.4. The topological polar surface area (TPSA) is 547 Å². The first kappa shape index (κ1) is 74.2. The van der Waals surface area contributed by atoms with Gasteiger partial charge in [0, 0.05) is 60.1 Å². The van der Waals surface area contributed by atoms with Crippen LogP contribution in [-0.2, 0) is 70.4 Å². The van der Waals surface area contributed by atoms with E-state index in [1.807, 2.05) is 0 Å². The van der Waals surface area contributed by atoms with E-state index < -0.39 is 191 Å². The Bertz CT molecular complexity index is 3790. The van der Waals surface area contributed by atoms with Crippen LogP contribution in [0.4, 0.5) is 17.1 Å². The third-order valence-corrected chi connectivity index (χ3v) is 14.7. The quantitative estimate of drug-likeness (QED) is 0.0104. The average Bonchev–Trinajstić information content (AvgIpc) is 1.52. The molecule has 0 bridgehead atoms. The van der Waals surface area contributed by atoms with Gasteiger partial charge in [0.25, 0.3) is 11.4 Å². The molecule has 4 unspecified atom stereocenters. The Morgan fingerprint density at radius 3 is 1.82 bits per heavy atom. The molecule has 2 heterocycles. The molecule has 0 fully saturated rings. The number of non-ortho nitro benzene ring substituents is 1. The van der Waals surface area contributed by atoms with Gasteiger partial charge in [-0.05, 0) is 72.9 Å². The number of aromatic amines is 1. The standard InChI is InChI=1S/C60H74N14O21/c1-29(2)52(71-47(76)21-31-22-51(82)95-45-24-34(94-5)14-15-36(31)45)59(88)70-43(26-50(80)81)58(87)68-40(17-18-46(61)75)56(85)72-53(30(3)4)60(89)69-42(25-49(78)79)55(84)65-28-48(77)66-41(20-32-27-64-37-11-7-6-10-35(32)37)57(86)67-39(54(62)83)12-8-9-19-63-38-16-13-33(73(90)91)23-44(38)74(92)93/h6-7,10-11,13-16,22-24,27,29-30,39-43,52-53,63-64H,8-9,12,17-21,25-26,28H2,1-5H3,(H2,61,75)(H2,62,83)(H,65,84)(H,66,77)(H,67,86)(H,68,87)(H,69,89)(H,70,88)(H,71,76)(H,72,85)(H,78,79)(H,80,81)/t39-,40?,41?,42?,43-,52?,53-/m0/s1. The summed E-state index contributed by atoms with van der Waals surface area (Å²) in [5, 5.41) is 65.1. The van der Waals surface area contributed by atoms with Crippen LogP contribution >= 0.6 is 0 Å². The number of benzene rings is 3. The molecule has 35 heteroatoms. The molecule has 35 nitrogen and oxygen atoms in total. The number of carboxylic acid groups (broad SMARTS) is 2. The molecule has 7 atom stereocenters. The number of primary amides is 2. The van der Waals surface area contributed by atoms with E-state index in [-0.39, 0.29) is 49.1 Å². The van der Waals surface area contributed by atoms with Crippen LogP contribution in [0.5, 0.6) is 5.75 Å². The van der Waals surface area contributed by atoms with E-state index >= 15 is 0 Å². The SMILES string of the molecule is COc1ccc2c(CC(=O)NC(C(=O)N[C@@H](CC(=O)O)C(=O)NC(CCC(N)=O)C(=O)N[C@H](C(=O)NC(CC(=O)O)C(=O)NCC(=O)NC(Cc3c[nH]c4ccccc34)C(=O)N[C@@H](CCCCNc3ccc([N+](=O)[O-])cc3[N+](=O)[O-])C(N)=O)C(C)C)C(C)C)cc(=O)oc2c1. The molecule has 5 rings (SSSR count). The highest BCUT2D eigenvalue weighted by molar-refractivity contribution is 6.00. The minimum atomic E-state index is -1.96. The number of anilines is 1. The number of unbranched alkanes of at least 4 members (excludes halogenated alkanes) is 1. The van der Waals surface area contributed by atoms with Crippen LogP contribution in [0, 0.1) is 32.1 Å². The predicted octanol–water partition coefficient (Wildman–Crippen LogP) is -0.311. The van der Waals surface area contributed by atoms with E-state index in [1.165, 1.54) is 46.9 Å². The molecule has 16 N–H and O–H groups in total. The van der Waals surface area contributed by atoms with Gasteiger partial charge in [-0.15, -0.1) is 0 Å². The Morgan fingerprint density at radius 1 is 0.621 bits per heavy atom. The Morgan fingerprint density at radius 2 is 1.22 bits per heavy atom. The summed E-state index contributed by atoms with van der Waals surface area (Å²) in [6.07, 6.45) is -2.00. The van der Waals surface area contributed by atoms with Crippen LogP contribution in [0.25, 0.3) is 21.9 Å². The van der Waals surface area contributed by atoms with Gasteiger partial charge < -0.3 is 83.7 Å². The number of methoxy groups -OCH3 is 1. The number of H-pyrrole nitrogens is 1. The Labute approximate surface area is 539 Å². The fourth-order valence-corrected chi connectivity index (χ4v) is 9.78. The van der Waals surface area contributed by atoms with Crippen LogP contribution in [-0.4, -0.2) is 159 Å². The molecule has 0 saturated carbocycles. The highest BCUT2D eigenvalue weighted by Crippen LogP contribution is 2.29. The van der Waals surface area contributed by atoms with Crippen molar-refractivity contribution in [1.29, 1.82) is 0 Å². The number of aromatic nitrogens is 1. The van der Waals surface area contributed by atoms with Crippen molar-refractivity contribution in [2.24, 2.45) is 23.3 Å². The van der Waals surface area contributed by atoms with Crippen molar-refractivity contribution in [2.75, 3.05) is 25.5 Å². The van der Waals surface area contributed by atoms with Gasteiger partial charge in [0.2, 0.25) is 59.1 Å². The molecule has 5 aromatic rings. The molecule has 10 amide bonds. The van der Waals surface area contributed by atoms with Crippen molar-refractivity contribution >= 4 is 110 Å². The van der Waals surface area contributed by atoms with Gasteiger partial charge in [-0.1, -0.05) is 45.9 Å². The summed E-state index contributed by atoms with van der Waals surface area (Å²) in [4.78, 5) is 196. The van der Waals surface area contributed by atoms with Crippen molar-refractivity contribution in [3.8, 4) is 5.75 Å². The fourth-order valence-electron chi connectivity index (χ4n) is 9.78. The van der Waals surface area contributed by atoms with Gasteiger partial charge >= 0.3 is 17.6 Å². The van der Waals surface area contributed by atoms with Crippen LogP contribution in [0.15, 0.2) is 82.1 Å².